The summed E-state index contributed by atoms with van der Waals surface area (Å²) in [6.45, 7) is 7.63. The summed E-state index contributed by atoms with van der Waals surface area (Å²) >= 11 is 0. The lowest BCUT2D eigenvalue weighted by Crippen LogP contribution is -2.23. The van der Waals surface area contributed by atoms with Crippen LogP contribution in [0.5, 0.6) is 5.75 Å². The molecule has 1 atom stereocenters. The maximum atomic E-state index is 5.89. The smallest absolute Gasteiger partial charge is 0.126 e. The van der Waals surface area contributed by atoms with Crippen molar-refractivity contribution in [1.82, 2.24) is 5.32 Å². The summed E-state index contributed by atoms with van der Waals surface area (Å²) in [6.07, 6.45) is 3.31. The Labute approximate surface area is 116 Å². The molecule has 1 heterocycles. The third-order valence-corrected chi connectivity index (χ3v) is 3.56. The van der Waals surface area contributed by atoms with Gasteiger partial charge in [0.15, 0.2) is 0 Å². The van der Waals surface area contributed by atoms with Crippen LogP contribution in [0.25, 0.3) is 0 Å². The minimum absolute atomic E-state index is 0.416. The van der Waals surface area contributed by atoms with Crippen LogP contribution in [-0.4, -0.2) is 26.4 Å². The van der Waals surface area contributed by atoms with Gasteiger partial charge in [0.25, 0.3) is 0 Å². The number of fused-ring (bicyclic) bond motifs is 1. The number of ether oxygens (including phenoxy) is 2. The molecule has 19 heavy (non-hydrogen) atoms. The number of aryl methyl sites for hydroxylation is 1. The lowest BCUT2D eigenvalue weighted by Gasteiger charge is -2.19. The number of rotatable bonds is 6. The van der Waals surface area contributed by atoms with Gasteiger partial charge in [-0.15, -0.1) is 0 Å². The maximum Gasteiger partial charge on any atom is 0.126 e. The summed E-state index contributed by atoms with van der Waals surface area (Å²) in [6, 6.07) is 6.85. The molecule has 0 saturated carbocycles. The Hall–Kier alpha value is -1.06. The molecular formula is C16H25NO2. The molecule has 2 rings (SSSR count). The highest BCUT2D eigenvalue weighted by atomic mass is 16.5. The van der Waals surface area contributed by atoms with Gasteiger partial charge >= 0.3 is 0 Å². The largest absolute Gasteiger partial charge is 0.493 e. The van der Waals surface area contributed by atoms with Crippen molar-refractivity contribution in [2.24, 2.45) is 0 Å². The molecule has 0 amide bonds. The predicted molar refractivity (Wildman–Crippen MR) is 77.8 cm³/mol. The summed E-state index contributed by atoms with van der Waals surface area (Å²) in [5.41, 5.74) is 2.55. The SMILES string of the molecule is CCOCCCNC1CCCOc2c(C)cccc21. The van der Waals surface area contributed by atoms with Crippen molar-refractivity contribution in [3.63, 3.8) is 0 Å². The molecule has 1 N–H and O–H groups in total. The van der Waals surface area contributed by atoms with Gasteiger partial charge in [-0.3, -0.25) is 0 Å². The zero-order chi connectivity index (χ0) is 13.5. The average molecular weight is 263 g/mol. The molecule has 0 fully saturated rings. The van der Waals surface area contributed by atoms with Crippen LogP contribution in [0.4, 0.5) is 0 Å². The van der Waals surface area contributed by atoms with E-state index in [4.69, 9.17) is 9.47 Å². The molecule has 1 aromatic carbocycles. The fourth-order valence-corrected chi connectivity index (χ4v) is 2.57. The molecule has 0 spiro atoms. The fraction of sp³-hybridized carbons (Fsp3) is 0.625. The summed E-state index contributed by atoms with van der Waals surface area (Å²) in [5, 5.41) is 3.64. The van der Waals surface area contributed by atoms with Crippen LogP contribution >= 0.6 is 0 Å². The first-order chi connectivity index (χ1) is 9.33. The zero-order valence-electron chi connectivity index (χ0n) is 12.1. The van der Waals surface area contributed by atoms with Crippen molar-refractivity contribution in [1.29, 1.82) is 0 Å². The van der Waals surface area contributed by atoms with Gasteiger partial charge in [-0.05, 0) is 45.2 Å². The molecule has 0 aromatic heterocycles. The molecular weight excluding hydrogens is 238 g/mol. The molecule has 3 nitrogen and oxygen atoms in total. The van der Waals surface area contributed by atoms with E-state index in [2.05, 4.69) is 30.4 Å². The minimum Gasteiger partial charge on any atom is -0.493 e. The Balaban J connectivity index is 1.96. The van der Waals surface area contributed by atoms with Crippen molar-refractivity contribution in [3.8, 4) is 5.75 Å². The van der Waals surface area contributed by atoms with Crippen molar-refractivity contribution in [2.45, 2.75) is 39.2 Å². The van der Waals surface area contributed by atoms with Gasteiger partial charge in [0.1, 0.15) is 5.75 Å². The van der Waals surface area contributed by atoms with E-state index in [0.29, 0.717) is 6.04 Å². The van der Waals surface area contributed by atoms with E-state index in [1.807, 2.05) is 6.92 Å². The highest BCUT2D eigenvalue weighted by molar-refractivity contribution is 5.43. The van der Waals surface area contributed by atoms with E-state index in [1.54, 1.807) is 0 Å². The van der Waals surface area contributed by atoms with Crippen LogP contribution in [0.1, 0.15) is 43.4 Å². The molecule has 0 saturated heterocycles. The van der Waals surface area contributed by atoms with Crippen LogP contribution in [-0.2, 0) is 4.74 Å². The Bertz CT molecular complexity index is 392. The van der Waals surface area contributed by atoms with Gasteiger partial charge in [0.2, 0.25) is 0 Å². The molecule has 1 aliphatic rings. The molecule has 1 aliphatic heterocycles. The normalized spacial score (nSPS) is 18.5. The van der Waals surface area contributed by atoms with Crippen molar-refractivity contribution in [3.05, 3.63) is 29.3 Å². The number of benzene rings is 1. The highest BCUT2D eigenvalue weighted by Crippen LogP contribution is 2.33. The second-order valence-corrected chi connectivity index (χ2v) is 5.04. The van der Waals surface area contributed by atoms with E-state index in [9.17, 15) is 0 Å². The molecule has 1 unspecified atom stereocenters. The van der Waals surface area contributed by atoms with Gasteiger partial charge < -0.3 is 14.8 Å². The monoisotopic (exact) mass is 263 g/mol. The van der Waals surface area contributed by atoms with Gasteiger partial charge in [0, 0.05) is 24.8 Å². The topological polar surface area (TPSA) is 30.5 Å². The van der Waals surface area contributed by atoms with E-state index in [0.717, 1.165) is 51.4 Å². The van der Waals surface area contributed by atoms with Gasteiger partial charge in [-0.25, -0.2) is 0 Å². The van der Waals surface area contributed by atoms with Gasteiger partial charge in [-0.1, -0.05) is 18.2 Å². The second kappa shape index (κ2) is 7.51. The lowest BCUT2D eigenvalue weighted by molar-refractivity contribution is 0.144. The fourth-order valence-electron chi connectivity index (χ4n) is 2.57. The Morgan fingerprint density at radius 2 is 2.32 bits per heavy atom. The zero-order valence-corrected chi connectivity index (χ0v) is 12.1. The van der Waals surface area contributed by atoms with Crippen LogP contribution in [0.2, 0.25) is 0 Å². The van der Waals surface area contributed by atoms with Crippen LogP contribution < -0.4 is 10.1 Å². The number of hydrogen-bond acceptors (Lipinski definition) is 3. The third-order valence-electron chi connectivity index (χ3n) is 3.56. The summed E-state index contributed by atoms with van der Waals surface area (Å²) in [4.78, 5) is 0. The van der Waals surface area contributed by atoms with Crippen molar-refractivity contribution in [2.75, 3.05) is 26.4 Å². The first-order valence-corrected chi connectivity index (χ1v) is 7.36. The molecule has 0 aliphatic carbocycles. The first-order valence-electron chi connectivity index (χ1n) is 7.36. The summed E-state index contributed by atoms with van der Waals surface area (Å²) in [5.74, 6) is 1.09. The van der Waals surface area contributed by atoms with Gasteiger partial charge in [0.05, 0.1) is 6.61 Å². The first kappa shape index (κ1) is 14.4. The summed E-state index contributed by atoms with van der Waals surface area (Å²) < 4.78 is 11.3. The maximum absolute atomic E-state index is 5.89. The van der Waals surface area contributed by atoms with E-state index < -0.39 is 0 Å². The van der Waals surface area contributed by atoms with Gasteiger partial charge in [-0.2, -0.15) is 0 Å². The average Bonchev–Trinajstić information content (AvgIpc) is 2.62. The Kier molecular flexibility index (Phi) is 5.67. The minimum atomic E-state index is 0.416. The second-order valence-electron chi connectivity index (χ2n) is 5.04. The Morgan fingerprint density at radius 1 is 1.42 bits per heavy atom. The Morgan fingerprint density at radius 3 is 3.16 bits per heavy atom. The molecule has 1 aromatic rings. The number of para-hydroxylation sites is 1. The molecule has 106 valence electrons. The number of hydrogen-bond donors (Lipinski definition) is 1. The molecule has 0 radical (unpaired) electrons. The number of nitrogens with one attached hydrogen (secondary N) is 1. The predicted octanol–water partition coefficient (Wildman–Crippen LogP) is 3.22. The molecule has 3 heteroatoms. The van der Waals surface area contributed by atoms with E-state index in [-0.39, 0.29) is 0 Å². The van der Waals surface area contributed by atoms with Crippen LogP contribution in [0.3, 0.4) is 0 Å². The van der Waals surface area contributed by atoms with Crippen LogP contribution in [0, 0.1) is 6.92 Å². The molecule has 0 bridgehead atoms. The van der Waals surface area contributed by atoms with E-state index >= 15 is 0 Å². The van der Waals surface area contributed by atoms with E-state index in [1.165, 1.54) is 11.1 Å². The van der Waals surface area contributed by atoms with Crippen molar-refractivity contribution < 1.29 is 9.47 Å². The van der Waals surface area contributed by atoms with Crippen LogP contribution in [0.15, 0.2) is 18.2 Å². The quantitative estimate of drug-likeness (QED) is 0.799. The van der Waals surface area contributed by atoms with Crippen molar-refractivity contribution >= 4 is 0 Å². The lowest BCUT2D eigenvalue weighted by atomic mass is 10.00. The third kappa shape index (κ3) is 3.95. The summed E-state index contributed by atoms with van der Waals surface area (Å²) in [7, 11) is 0. The standard InChI is InChI=1S/C16H25NO2/c1-3-18-11-6-10-17-15-9-5-12-19-16-13(2)7-4-8-14(15)16/h4,7-8,15,17H,3,5-6,9-12H2,1-2H3. The highest BCUT2D eigenvalue weighted by Gasteiger charge is 2.20.